The molecule has 0 saturated carbocycles. The smallest absolute Gasteiger partial charge is 0.310 e. The fourth-order valence-corrected chi connectivity index (χ4v) is 2.79. The quantitative estimate of drug-likeness (QED) is 0.527. The number of hydrogen-bond acceptors (Lipinski definition) is 4. The average molecular weight is 304 g/mol. The number of carbonyl (C=O) groups is 3. The molecule has 0 fully saturated rings. The van der Waals surface area contributed by atoms with Crippen LogP contribution in [0.25, 0.3) is 0 Å². The van der Waals surface area contributed by atoms with Crippen LogP contribution in [0.1, 0.15) is 40.0 Å². The van der Waals surface area contributed by atoms with E-state index in [2.05, 4.69) is 0 Å². The maximum atomic E-state index is 11.5. The maximum Gasteiger partial charge on any atom is 0.310 e. The van der Waals surface area contributed by atoms with Crippen molar-refractivity contribution in [1.82, 2.24) is 0 Å². The monoisotopic (exact) mass is 304 g/mol. The molecule has 0 amide bonds. The molecule has 0 aromatic rings. The first-order chi connectivity index (χ1) is 8.85. The Morgan fingerprint density at radius 1 is 1.05 bits per heavy atom. The molecule has 0 aromatic carbocycles. The van der Waals surface area contributed by atoms with Crippen LogP contribution in [0.4, 0.5) is 0 Å². The highest BCUT2D eigenvalue weighted by molar-refractivity contribution is 6.74. The summed E-state index contributed by atoms with van der Waals surface area (Å²) in [5, 5.41) is 17.3. The van der Waals surface area contributed by atoms with Gasteiger partial charge in [-0.1, -0.05) is 20.8 Å². The highest BCUT2D eigenvalue weighted by Crippen LogP contribution is 2.38. The van der Waals surface area contributed by atoms with Gasteiger partial charge in [-0.3, -0.25) is 14.4 Å². The summed E-state index contributed by atoms with van der Waals surface area (Å²) in [6.45, 7) is 9.95. The molecule has 116 valence electrons. The standard InChI is InChI=1S/C13H24O6Si/c1-13(2,3)20(4,5)19-10(8-12(17)18)6-9(14)7-11(15)16/h10H,6-8H2,1-5H3,(H,15,16)(H,17,18). The zero-order valence-corrected chi connectivity index (χ0v) is 13.7. The molecule has 0 saturated heterocycles. The molecule has 0 rings (SSSR count). The molecule has 2 N–H and O–H groups in total. The summed E-state index contributed by atoms with van der Waals surface area (Å²) in [6, 6.07) is 0. The minimum Gasteiger partial charge on any atom is -0.481 e. The highest BCUT2D eigenvalue weighted by atomic mass is 28.4. The van der Waals surface area contributed by atoms with Gasteiger partial charge < -0.3 is 14.6 Å². The lowest BCUT2D eigenvalue weighted by molar-refractivity contribution is -0.140. The lowest BCUT2D eigenvalue weighted by Gasteiger charge is -2.38. The van der Waals surface area contributed by atoms with Gasteiger partial charge in [0, 0.05) is 6.42 Å². The van der Waals surface area contributed by atoms with Gasteiger partial charge in [-0.2, -0.15) is 0 Å². The van der Waals surface area contributed by atoms with E-state index in [1.807, 2.05) is 33.9 Å². The third kappa shape index (κ3) is 6.81. The van der Waals surface area contributed by atoms with E-state index in [4.69, 9.17) is 14.6 Å². The second kappa shape index (κ2) is 6.99. The van der Waals surface area contributed by atoms with E-state index in [0.29, 0.717) is 0 Å². The molecule has 1 unspecified atom stereocenters. The fourth-order valence-electron chi connectivity index (χ4n) is 1.44. The predicted octanol–water partition coefficient (Wildman–Crippen LogP) is 2.29. The summed E-state index contributed by atoms with van der Waals surface area (Å²) in [6.07, 6.45) is -1.83. The molecular weight excluding hydrogens is 280 g/mol. The first kappa shape index (κ1) is 18.8. The van der Waals surface area contributed by atoms with Crippen LogP contribution in [-0.4, -0.2) is 42.4 Å². The zero-order valence-electron chi connectivity index (χ0n) is 12.7. The first-order valence-corrected chi connectivity index (χ1v) is 9.39. The first-order valence-electron chi connectivity index (χ1n) is 6.48. The van der Waals surface area contributed by atoms with Gasteiger partial charge in [0.25, 0.3) is 0 Å². The minimum absolute atomic E-state index is 0.112. The van der Waals surface area contributed by atoms with Crippen LogP contribution < -0.4 is 0 Å². The van der Waals surface area contributed by atoms with Crippen molar-refractivity contribution >= 4 is 26.0 Å². The zero-order chi connectivity index (χ0) is 16.1. The fraction of sp³-hybridized carbons (Fsp3) is 0.769. The Kier molecular flexibility index (Phi) is 6.56. The van der Waals surface area contributed by atoms with Gasteiger partial charge in [0.15, 0.2) is 8.32 Å². The predicted molar refractivity (Wildman–Crippen MR) is 76.2 cm³/mol. The van der Waals surface area contributed by atoms with E-state index in [1.165, 1.54) is 0 Å². The van der Waals surface area contributed by atoms with Crippen LogP contribution in [0.15, 0.2) is 0 Å². The van der Waals surface area contributed by atoms with Crippen molar-refractivity contribution in [1.29, 1.82) is 0 Å². The number of aliphatic carboxylic acids is 2. The number of carboxylic acids is 2. The number of carbonyl (C=O) groups excluding carboxylic acids is 1. The van der Waals surface area contributed by atoms with E-state index in [9.17, 15) is 14.4 Å². The summed E-state index contributed by atoms with van der Waals surface area (Å²) >= 11 is 0. The molecule has 0 aliphatic carbocycles. The average Bonchev–Trinajstić information content (AvgIpc) is 2.10. The molecule has 0 aliphatic heterocycles. The second-order valence-corrected chi connectivity index (χ2v) is 11.2. The maximum absolute atomic E-state index is 11.5. The summed E-state index contributed by atoms with van der Waals surface area (Å²) in [5.41, 5.74) is 0. The van der Waals surface area contributed by atoms with Gasteiger partial charge in [0.2, 0.25) is 0 Å². The normalized spacial score (nSPS) is 13.8. The molecule has 0 aliphatic rings. The van der Waals surface area contributed by atoms with Gasteiger partial charge >= 0.3 is 11.9 Å². The van der Waals surface area contributed by atoms with Crippen LogP contribution in [0.5, 0.6) is 0 Å². The molecule has 0 bridgehead atoms. The van der Waals surface area contributed by atoms with Gasteiger partial charge in [0.05, 0.1) is 12.5 Å². The minimum atomic E-state index is -2.20. The van der Waals surface area contributed by atoms with E-state index >= 15 is 0 Å². The number of ketones is 1. The van der Waals surface area contributed by atoms with Crippen molar-refractivity contribution in [3.8, 4) is 0 Å². The molecule has 20 heavy (non-hydrogen) atoms. The summed E-state index contributed by atoms with van der Waals surface area (Å²) in [4.78, 5) is 32.9. The SMILES string of the molecule is CC(C)(C)[Si](C)(C)OC(CC(=O)O)CC(=O)CC(=O)O. The van der Waals surface area contributed by atoms with E-state index in [1.54, 1.807) is 0 Å². The van der Waals surface area contributed by atoms with Crippen LogP contribution in [0, 0.1) is 0 Å². The third-order valence-electron chi connectivity index (χ3n) is 3.47. The van der Waals surface area contributed by atoms with E-state index in [-0.39, 0.29) is 17.9 Å². The molecule has 0 heterocycles. The Morgan fingerprint density at radius 3 is 1.90 bits per heavy atom. The molecular formula is C13H24O6Si. The van der Waals surface area contributed by atoms with Crippen molar-refractivity contribution in [2.45, 2.75) is 64.3 Å². The van der Waals surface area contributed by atoms with Crippen LogP contribution >= 0.6 is 0 Å². The molecule has 7 heteroatoms. The van der Waals surface area contributed by atoms with Gasteiger partial charge in [-0.05, 0) is 18.1 Å². The number of carboxylic acid groups (broad SMARTS) is 2. The van der Waals surface area contributed by atoms with E-state index < -0.39 is 38.6 Å². The topological polar surface area (TPSA) is 101 Å². The Hall–Kier alpha value is -1.21. The van der Waals surface area contributed by atoms with Crippen molar-refractivity contribution in [2.24, 2.45) is 0 Å². The summed E-state index contributed by atoms with van der Waals surface area (Å²) in [7, 11) is -2.20. The molecule has 1 atom stereocenters. The third-order valence-corrected chi connectivity index (χ3v) is 8.01. The van der Waals surface area contributed by atoms with Crippen LogP contribution in [0.3, 0.4) is 0 Å². The summed E-state index contributed by atoms with van der Waals surface area (Å²) in [5.74, 6) is -2.78. The largest absolute Gasteiger partial charge is 0.481 e. The summed E-state index contributed by atoms with van der Waals surface area (Å²) < 4.78 is 5.91. The molecule has 6 nitrogen and oxygen atoms in total. The van der Waals surface area contributed by atoms with Crippen LogP contribution in [-0.2, 0) is 18.8 Å². The van der Waals surface area contributed by atoms with E-state index in [0.717, 1.165) is 0 Å². The van der Waals surface area contributed by atoms with Gasteiger partial charge in [0.1, 0.15) is 12.2 Å². The molecule has 0 aromatic heterocycles. The molecule has 0 spiro atoms. The Morgan fingerprint density at radius 2 is 1.55 bits per heavy atom. The number of Topliss-reactive ketones (excluding diaryl/α,β-unsaturated/α-hetero) is 1. The van der Waals surface area contributed by atoms with Crippen molar-refractivity contribution < 1.29 is 29.0 Å². The van der Waals surface area contributed by atoms with Crippen molar-refractivity contribution in [3.05, 3.63) is 0 Å². The lowest BCUT2D eigenvalue weighted by Crippen LogP contribution is -2.45. The number of rotatable bonds is 8. The van der Waals surface area contributed by atoms with Crippen molar-refractivity contribution in [2.75, 3.05) is 0 Å². The molecule has 0 radical (unpaired) electrons. The second-order valence-electron chi connectivity index (χ2n) is 6.41. The van der Waals surface area contributed by atoms with Gasteiger partial charge in [-0.15, -0.1) is 0 Å². The van der Waals surface area contributed by atoms with Crippen LogP contribution in [0.2, 0.25) is 18.1 Å². The Labute approximate surface area is 120 Å². The van der Waals surface area contributed by atoms with Gasteiger partial charge in [-0.25, -0.2) is 0 Å². The number of hydrogen-bond donors (Lipinski definition) is 2. The lowest BCUT2D eigenvalue weighted by atomic mass is 10.1. The Balaban J connectivity index is 4.86. The highest BCUT2D eigenvalue weighted by Gasteiger charge is 2.39. The van der Waals surface area contributed by atoms with Crippen molar-refractivity contribution in [3.63, 3.8) is 0 Å². The Bertz CT molecular complexity index is 383.